The summed E-state index contributed by atoms with van der Waals surface area (Å²) in [5, 5.41) is 9.20. The normalized spacial score (nSPS) is 11.3. The zero-order chi connectivity index (χ0) is 46.7. The molecule has 0 saturated heterocycles. The quantitative estimate of drug-likeness (QED) is 0.0424. The molecule has 0 fully saturated rings. The molecule has 64 heavy (non-hydrogen) atoms. The molecule has 0 atom stereocenters. The fourth-order valence-corrected chi connectivity index (χ4v) is 6.06. The van der Waals surface area contributed by atoms with Crippen molar-refractivity contribution < 1.29 is 71.7 Å². The monoisotopic (exact) mass is 923 g/mol. The van der Waals surface area contributed by atoms with E-state index in [1.165, 1.54) is 0 Å². The fraction of sp³-hybridized carbons (Fsp3) is 0.915. The van der Waals surface area contributed by atoms with E-state index in [-0.39, 0.29) is 56.5 Å². The van der Waals surface area contributed by atoms with E-state index in [1.807, 2.05) is 4.90 Å². The van der Waals surface area contributed by atoms with Gasteiger partial charge in [0.2, 0.25) is 0 Å². The van der Waals surface area contributed by atoms with Gasteiger partial charge in [0, 0.05) is 112 Å². The Morgan fingerprint density at radius 3 is 1.06 bits per heavy atom. The third-order valence-electron chi connectivity index (χ3n) is 9.75. The summed E-state index contributed by atoms with van der Waals surface area (Å²) >= 11 is 0. The molecule has 0 aromatic heterocycles. The summed E-state index contributed by atoms with van der Waals surface area (Å²) < 4.78 is 54.0. The number of carbonyl (C=O) groups excluding carboxylic acids is 4. The largest absolute Gasteiger partial charge is 0.466 e. The molecular formula is C47H90N2O15. The van der Waals surface area contributed by atoms with Gasteiger partial charge in [-0.3, -0.25) is 19.2 Å². The van der Waals surface area contributed by atoms with Gasteiger partial charge in [-0.2, -0.15) is 0 Å². The topological polar surface area (TPSA) is 210 Å². The lowest BCUT2D eigenvalue weighted by Crippen LogP contribution is -2.31. The van der Waals surface area contributed by atoms with Crippen LogP contribution < -0.4 is 5.73 Å². The summed E-state index contributed by atoms with van der Waals surface area (Å²) in [5.41, 5.74) is 5.37. The number of nitrogens with zero attached hydrogens (tertiary/aromatic N) is 1. The minimum absolute atomic E-state index is 0.0783. The molecule has 0 saturated carbocycles. The molecule has 0 heterocycles. The maximum Gasteiger partial charge on any atom is 0.307 e. The lowest BCUT2D eigenvalue weighted by atomic mass is 10.1. The summed E-state index contributed by atoms with van der Waals surface area (Å²) in [6, 6.07) is 0. The van der Waals surface area contributed by atoms with E-state index in [2.05, 4.69) is 0 Å². The Bertz CT molecular complexity index is 1040. The molecule has 17 heteroatoms. The second-order valence-corrected chi connectivity index (χ2v) is 15.7. The molecule has 3 N–H and O–H groups in total. The zero-order valence-corrected chi connectivity index (χ0v) is 39.9. The Morgan fingerprint density at radius 1 is 0.359 bits per heavy atom. The minimum atomic E-state index is -0.327. The third-order valence-corrected chi connectivity index (χ3v) is 9.75. The SMILES string of the molecule is COCCCOCCCOCCCCCCC(=O)OCCCCOC(=O)CCN(CCCCO)CCC(=O)OCCCCOC(=O)CCCCCCOCCCOCCCOCCN. The number of unbranched alkanes of at least 4 members (excludes halogenated alkanes) is 9. The average molecular weight is 923 g/mol. The van der Waals surface area contributed by atoms with Gasteiger partial charge >= 0.3 is 23.9 Å². The Hall–Kier alpha value is -2.48. The Labute approximate surface area is 385 Å². The lowest BCUT2D eigenvalue weighted by Gasteiger charge is -2.21. The van der Waals surface area contributed by atoms with Crippen LogP contribution in [0.15, 0.2) is 0 Å². The number of aliphatic hydroxyl groups is 1. The molecule has 0 radical (unpaired) electrons. The fourth-order valence-electron chi connectivity index (χ4n) is 6.06. The molecule has 0 aromatic rings. The number of nitrogens with two attached hydrogens (primary N) is 1. The van der Waals surface area contributed by atoms with E-state index >= 15 is 0 Å². The molecule has 0 spiro atoms. The average Bonchev–Trinajstić information content (AvgIpc) is 3.29. The number of ether oxygens (including phenoxy) is 10. The van der Waals surface area contributed by atoms with Crippen LogP contribution in [-0.2, 0) is 66.5 Å². The van der Waals surface area contributed by atoms with Gasteiger partial charge in [-0.15, -0.1) is 0 Å². The van der Waals surface area contributed by atoms with Gasteiger partial charge in [0.15, 0.2) is 0 Å². The van der Waals surface area contributed by atoms with Crippen molar-refractivity contribution in [3.8, 4) is 0 Å². The van der Waals surface area contributed by atoms with Crippen molar-refractivity contribution in [1.29, 1.82) is 0 Å². The van der Waals surface area contributed by atoms with Gasteiger partial charge in [0.05, 0.1) is 45.9 Å². The molecule has 0 aliphatic rings. The number of hydrogen-bond acceptors (Lipinski definition) is 17. The molecule has 0 unspecified atom stereocenters. The van der Waals surface area contributed by atoms with Crippen molar-refractivity contribution >= 4 is 23.9 Å². The molecule has 17 nitrogen and oxygen atoms in total. The predicted octanol–water partition coefficient (Wildman–Crippen LogP) is 5.72. The van der Waals surface area contributed by atoms with Gasteiger partial charge < -0.3 is 63.1 Å². The molecule has 0 amide bonds. The van der Waals surface area contributed by atoms with Crippen molar-refractivity contribution in [2.45, 2.75) is 141 Å². The first kappa shape index (κ1) is 61.5. The van der Waals surface area contributed by atoms with Crippen LogP contribution in [0.25, 0.3) is 0 Å². The van der Waals surface area contributed by atoms with E-state index < -0.39 is 0 Å². The number of esters is 4. The van der Waals surface area contributed by atoms with Crippen LogP contribution >= 0.6 is 0 Å². The number of carbonyl (C=O) groups is 4. The molecule has 0 aliphatic heterocycles. The molecule has 0 rings (SSSR count). The molecule has 378 valence electrons. The van der Waals surface area contributed by atoms with Crippen LogP contribution in [0.3, 0.4) is 0 Å². The Morgan fingerprint density at radius 2 is 0.688 bits per heavy atom. The first-order valence-electron chi connectivity index (χ1n) is 24.5. The summed E-state index contributed by atoms with van der Waals surface area (Å²) in [6.45, 7) is 10.8. The van der Waals surface area contributed by atoms with Crippen LogP contribution in [0.4, 0.5) is 0 Å². The number of rotatable bonds is 52. The van der Waals surface area contributed by atoms with Gasteiger partial charge in [0.1, 0.15) is 0 Å². The minimum Gasteiger partial charge on any atom is -0.466 e. The van der Waals surface area contributed by atoms with Crippen LogP contribution in [-0.4, -0.2) is 173 Å². The predicted molar refractivity (Wildman–Crippen MR) is 244 cm³/mol. The maximum atomic E-state index is 12.4. The molecule has 0 aliphatic carbocycles. The van der Waals surface area contributed by atoms with E-state index in [1.54, 1.807) is 7.11 Å². The number of aliphatic hydroxyl groups excluding tert-OH is 1. The van der Waals surface area contributed by atoms with Crippen molar-refractivity contribution in [2.24, 2.45) is 5.73 Å². The van der Waals surface area contributed by atoms with Gasteiger partial charge in [-0.05, 0) is 96.4 Å². The van der Waals surface area contributed by atoms with E-state index in [4.69, 9.17) is 53.1 Å². The summed E-state index contributed by atoms with van der Waals surface area (Å²) in [7, 11) is 1.69. The van der Waals surface area contributed by atoms with E-state index in [0.29, 0.717) is 144 Å². The van der Waals surface area contributed by atoms with Crippen molar-refractivity contribution in [3.63, 3.8) is 0 Å². The van der Waals surface area contributed by atoms with E-state index in [0.717, 1.165) is 96.7 Å². The highest BCUT2D eigenvalue weighted by atomic mass is 16.5. The first-order valence-corrected chi connectivity index (χ1v) is 24.5. The molecule has 0 bridgehead atoms. The maximum absolute atomic E-state index is 12.4. The third kappa shape index (κ3) is 49.0. The summed E-state index contributed by atoms with van der Waals surface area (Å²) in [4.78, 5) is 50.9. The zero-order valence-electron chi connectivity index (χ0n) is 39.9. The van der Waals surface area contributed by atoms with Crippen LogP contribution in [0, 0.1) is 0 Å². The molecular weight excluding hydrogens is 833 g/mol. The second kappa shape index (κ2) is 51.5. The van der Waals surface area contributed by atoms with E-state index in [9.17, 15) is 24.3 Å². The van der Waals surface area contributed by atoms with Crippen molar-refractivity contribution in [2.75, 3.05) is 139 Å². The van der Waals surface area contributed by atoms with Crippen molar-refractivity contribution in [3.05, 3.63) is 0 Å². The van der Waals surface area contributed by atoms with Crippen LogP contribution in [0.5, 0.6) is 0 Å². The van der Waals surface area contributed by atoms with Crippen molar-refractivity contribution in [1.82, 2.24) is 4.90 Å². The van der Waals surface area contributed by atoms with Gasteiger partial charge in [-0.25, -0.2) is 0 Å². The second-order valence-electron chi connectivity index (χ2n) is 15.7. The number of methoxy groups -OCH3 is 1. The summed E-state index contributed by atoms with van der Waals surface area (Å²) in [5.74, 6) is -1.07. The smallest absolute Gasteiger partial charge is 0.307 e. The van der Waals surface area contributed by atoms with Gasteiger partial charge in [-0.1, -0.05) is 25.7 Å². The first-order chi connectivity index (χ1) is 31.4. The highest BCUT2D eigenvalue weighted by molar-refractivity contribution is 5.70. The Balaban J connectivity index is 3.77. The highest BCUT2D eigenvalue weighted by Crippen LogP contribution is 2.08. The van der Waals surface area contributed by atoms with Gasteiger partial charge in [0.25, 0.3) is 0 Å². The highest BCUT2D eigenvalue weighted by Gasteiger charge is 2.13. The number of hydrogen-bond donors (Lipinski definition) is 2. The van der Waals surface area contributed by atoms with Crippen LogP contribution in [0.1, 0.15) is 141 Å². The van der Waals surface area contributed by atoms with Crippen LogP contribution in [0.2, 0.25) is 0 Å². The lowest BCUT2D eigenvalue weighted by molar-refractivity contribution is -0.147. The Kier molecular flexibility index (Phi) is 49.5. The molecule has 0 aromatic carbocycles. The standard InChI is InChI=1S/C47H90N2O15/c1-55-29-16-32-58-35-17-33-56-30-10-4-2-6-20-44(51)61-39-12-14-41-63-46(53)22-26-49(25-8-9-28-50)27-23-47(54)64-42-15-13-40-62-45(52)21-7-3-5-11-31-57-34-18-36-59-37-19-38-60-43-24-48/h50H,2-43,48H2,1H3. The summed E-state index contributed by atoms with van der Waals surface area (Å²) in [6.07, 6.45) is 15.9.